The Morgan fingerprint density at radius 2 is 0.742 bits per heavy atom. The van der Waals surface area contributed by atoms with Crippen molar-refractivity contribution in [2.75, 3.05) is 6.61 Å². The summed E-state index contributed by atoms with van der Waals surface area (Å²) in [6.45, 7) is -1.46. The van der Waals surface area contributed by atoms with Crippen LogP contribution in [0.5, 0.6) is 115 Å². The summed E-state index contributed by atoms with van der Waals surface area (Å²) in [6, 6.07) is 5.55. The van der Waals surface area contributed by atoms with Gasteiger partial charge in [-0.15, -0.1) is 0 Å². The van der Waals surface area contributed by atoms with Crippen molar-refractivity contribution < 1.29 is 158 Å². The number of phenolic OH excluding ortho intramolecular Hbond substituents is 18. The van der Waals surface area contributed by atoms with Gasteiger partial charge < -0.3 is 134 Å². The lowest BCUT2D eigenvalue weighted by atomic mass is 9.97. The molecule has 0 amide bonds. The molecule has 1 saturated heterocycles. The van der Waals surface area contributed by atoms with Gasteiger partial charge in [0.2, 0.25) is 35.4 Å². The molecule has 9 aromatic rings. The first-order valence-corrected chi connectivity index (χ1v) is 24.5. The van der Waals surface area contributed by atoms with E-state index in [1.54, 1.807) is 0 Å². The molecule has 5 atom stereocenters. The molecule has 1 fully saturated rings. The van der Waals surface area contributed by atoms with Gasteiger partial charge in [0.25, 0.3) is 0 Å². The van der Waals surface area contributed by atoms with E-state index in [0.29, 0.717) is 54.6 Å². The molecule has 0 unspecified atom stereocenters. The van der Waals surface area contributed by atoms with E-state index in [0.717, 1.165) is 6.07 Å². The second-order valence-corrected chi connectivity index (χ2v) is 18.9. The highest BCUT2D eigenvalue weighted by Gasteiger charge is 2.55. The van der Waals surface area contributed by atoms with Crippen LogP contribution in [-0.2, 0) is 28.4 Å². The van der Waals surface area contributed by atoms with Crippen molar-refractivity contribution in [1.82, 2.24) is 0 Å². The third-order valence-corrected chi connectivity index (χ3v) is 13.3. The Labute approximate surface area is 487 Å². The number of aromatic hydroxyl groups is 18. The number of rotatable bonds is 13. The monoisotopic (exact) mass is 1240 g/mol. The van der Waals surface area contributed by atoms with Gasteiger partial charge in [-0.1, -0.05) is 0 Å². The number of benzene rings is 7. The van der Waals surface area contributed by atoms with Crippen LogP contribution in [-0.4, -0.2) is 159 Å². The molecule has 89 heavy (non-hydrogen) atoms. The Morgan fingerprint density at radius 1 is 0.371 bits per heavy atom. The van der Waals surface area contributed by atoms with Crippen LogP contribution < -0.4 is 16.0 Å². The fourth-order valence-electron chi connectivity index (χ4n) is 9.02. The summed E-state index contributed by atoms with van der Waals surface area (Å²) in [6.07, 6.45) is -13.5. The van der Waals surface area contributed by atoms with E-state index >= 15 is 4.79 Å². The molecule has 18 N–H and O–H groups in total. The van der Waals surface area contributed by atoms with Gasteiger partial charge in [0, 0.05) is 22.9 Å². The number of esters is 5. The van der Waals surface area contributed by atoms with Gasteiger partial charge in [-0.2, -0.15) is 0 Å². The topological polar surface area (TPSA) is 575 Å². The molecule has 0 radical (unpaired) electrons. The van der Waals surface area contributed by atoms with E-state index in [2.05, 4.69) is 0 Å². The molecule has 3 heterocycles. The van der Waals surface area contributed by atoms with Crippen LogP contribution in [0, 0.1) is 0 Å². The molecule has 34 nitrogen and oxygen atoms in total. The molecule has 0 spiro atoms. The molecule has 2 aromatic heterocycles. The normalized spacial score (nSPS) is 16.4. The summed E-state index contributed by atoms with van der Waals surface area (Å²) in [5, 5.41) is 186. The predicted octanol–water partition coefficient (Wildman–Crippen LogP) is 3.40. The maximum atomic E-state index is 15.0. The second-order valence-electron chi connectivity index (χ2n) is 18.9. The van der Waals surface area contributed by atoms with E-state index in [-0.39, 0.29) is 6.07 Å². The van der Waals surface area contributed by atoms with Gasteiger partial charge in [-0.05, 0) is 54.6 Å². The number of hydrogen-bond donors (Lipinski definition) is 18. The minimum atomic E-state index is -2.80. The lowest BCUT2D eigenvalue weighted by Crippen LogP contribution is -2.63. The third-order valence-electron chi connectivity index (χ3n) is 13.3. The Bertz CT molecular complexity index is 4540. The third kappa shape index (κ3) is 10.4. The first kappa shape index (κ1) is 59.2. The molecular weight excluding hydrogens is 1200 g/mol. The zero-order valence-electron chi connectivity index (χ0n) is 43.5. The van der Waals surface area contributed by atoms with E-state index in [4.69, 9.17) is 42.0 Å². The zero-order chi connectivity index (χ0) is 64.7. The van der Waals surface area contributed by atoms with Crippen LogP contribution in [0.2, 0.25) is 0 Å². The van der Waals surface area contributed by atoms with Crippen LogP contribution >= 0.6 is 0 Å². The fraction of sp³-hybridized carbons (Fsp3) is 0.109. The van der Waals surface area contributed by atoms with E-state index in [9.17, 15) is 121 Å². The summed E-state index contributed by atoms with van der Waals surface area (Å²) in [5.74, 6) is -33.4. The molecule has 0 saturated carbocycles. The van der Waals surface area contributed by atoms with E-state index in [1.165, 1.54) is 0 Å². The first-order chi connectivity index (χ1) is 41.9. The summed E-state index contributed by atoms with van der Waals surface area (Å²) in [5.41, 5.74) is -9.32. The van der Waals surface area contributed by atoms with Crippen molar-refractivity contribution in [3.63, 3.8) is 0 Å². The number of hydrogen-bond acceptors (Lipinski definition) is 34. The molecule has 0 bridgehead atoms. The zero-order valence-corrected chi connectivity index (χ0v) is 43.5. The SMILES string of the molecule is O=C(OC[C@@H]1O[C@H](OC(=O)c2cc(O)c(O)c(O)c2)[C@@H](OC(=O)c2cc(O)c(O)c(O)c2)[C@H](OC(=O)c2cc(O)c(O)c(O)c2)[C@H]1OC(=O)c1cc(O)c(O)c(O)c1Oc1cc2c(=O)oc3c(O)c(O)cc4c(=O)oc(c1O)c2c34)c1cc(O)c(O)c(O)c1. The van der Waals surface area contributed by atoms with Gasteiger partial charge in [0.15, 0.2) is 115 Å². The summed E-state index contributed by atoms with van der Waals surface area (Å²) >= 11 is 0. The summed E-state index contributed by atoms with van der Waals surface area (Å²) in [4.78, 5) is 98.1. The van der Waals surface area contributed by atoms with E-state index < -0.39 is 254 Å². The average Bonchev–Trinajstić information content (AvgIpc) is 0.725. The van der Waals surface area contributed by atoms with Crippen LogP contribution in [0.4, 0.5) is 0 Å². The van der Waals surface area contributed by atoms with Crippen molar-refractivity contribution in [2.24, 2.45) is 0 Å². The minimum absolute atomic E-state index is 0.276. The summed E-state index contributed by atoms with van der Waals surface area (Å²) < 4.78 is 50.0. The molecule has 1 aliphatic heterocycles. The van der Waals surface area contributed by atoms with Gasteiger partial charge in [0.1, 0.15) is 18.3 Å². The Kier molecular flexibility index (Phi) is 14.5. The van der Waals surface area contributed by atoms with Crippen molar-refractivity contribution >= 4 is 62.6 Å². The predicted molar refractivity (Wildman–Crippen MR) is 281 cm³/mol. The van der Waals surface area contributed by atoms with E-state index in [1.807, 2.05) is 0 Å². The highest BCUT2D eigenvalue weighted by atomic mass is 16.7. The number of carbonyl (C=O) groups is 5. The average molecular weight is 1240 g/mol. The highest BCUT2D eigenvalue weighted by Crippen LogP contribution is 2.51. The van der Waals surface area contributed by atoms with Crippen molar-refractivity contribution in [1.29, 1.82) is 0 Å². The molecule has 7 aromatic carbocycles. The molecule has 10 rings (SSSR count). The molecule has 460 valence electrons. The fourth-order valence-corrected chi connectivity index (χ4v) is 9.02. The Morgan fingerprint density at radius 3 is 1.20 bits per heavy atom. The molecule has 34 heteroatoms. The second kappa shape index (κ2) is 21.9. The highest BCUT2D eigenvalue weighted by molar-refractivity contribution is 6.22. The van der Waals surface area contributed by atoms with Crippen LogP contribution in [0.3, 0.4) is 0 Å². The minimum Gasteiger partial charge on any atom is -0.504 e. The van der Waals surface area contributed by atoms with Crippen LogP contribution in [0.1, 0.15) is 51.8 Å². The Balaban J connectivity index is 1.15. The standard InChI is InChI=1S/C55H36O34/c56-20-1-13(2-21(57)34(20)66)48(74)81-12-31-43(84-54(80)19-10-28(64)38(70)41(73)42(19)82-30-11-18-33-32-17(52(78)86-45(33)40(30)72)9-29(65)39(71)44(32)85-53(18)79)46(87-49(75)14-3-22(58)35(67)23(59)4-14)47(88-50(76)15-5-24(60)36(68)25(61)6-15)55(83-31)89-51(77)16-7-26(62)37(69)27(63)8-16/h1-11,31,43,46-47,55-73H,12H2/t31-,43-,46+,47-,55+/m0/s1. The van der Waals surface area contributed by atoms with Gasteiger partial charge in [-0.25, -0.2) is 33.6 Å². The maximum Gasteiger partial charge on any atom is 0.344 e. The van der Waals surface area contributed by atoms with Crippen LogP contribution in [0.15, 0.2) is 85.2 Å². The number of carbonyl (C=O) groups excluding carboxylic acids is 5. The quantitative estimate of drug-likeness (QED) is 0.0258. The van der Waals surface area contributed by atoms with Gasteiger partial charge >= 0.3 is 41.1 Å². The van der Waals surface area contributed by atoms with Gasteiger partial charge in [0.05, 0.1) is 33.0 Å². The number of phenols is 18. The maximum absolute atomic E-state index is 15.0. The lowest BCUT2D eigenvalue weighted by Gasteiger charge is -2.44. The van der Waals surface area contributed by atoms with Crippen LogP contribution in [0.25, 0.3) is 32.7 Å². The largest absolute Gasteiger partial charge is 0.504 e. The lowest BCUT2D eigenvalue weighted by molar-refractivity contribution is -0.282. The van der Waals surface area contributed by atoms with Crippen molar-refractivity contribution in [2.45, 2.75) is 30.7 Å². The van der Waals surface area contributed by atoms with Crippen molar-refractivity contribution in [3.05, 3.63) is 115 Å². The Hall–Kier alpha value is -13.0. The van der Waals surface area contributed by atoms with Crippen molar-refractivity contribution in [3.8, 4) is 115 Å². The smallest absolute Gasteiger partial charge is 0.344 e. The molecular formula is C55H36O34. The molecule has 0 aliphatic carbocycles. The summed E-state index contributed by atoms with van der Waals surface area (Å²) in [7, 11) is 0. The molecule has 1 aliphatic rings. The van der Waals surface area contributed by atoms with Gasteiger partial charge in [-0.3, -0.25) is 0 Å². The first-order valence-electron chi connectivity index (χ1n) is 24.5. The number of ether oxygens (including phenoxy) is 7.